The van der Waals surface area contributed by atoms with Crippen molar-refractivity contribution < 1.29 is 18.3 Å². The molecule has 0 aromatic heterocycles. The van der Waals surface area contributed by atoms with E-state index in [4.69, 9.17) is 4.74 Å². The molecule has 0 saturated heterocycles. The van der Waals surface area contributed by atoms with Crippen LogP contribution in [0.2, 0.25) is 0 Å². The first-order chi connectivity index (χ1) is 7.20. The minimum Gasteiger partial charge on any atom is -0.380 e. The fourth-order valence-corrected chi connectivity index (χ4v) is 1.14. The molecule has 0 amide bonds. The third-order valence-electron chi connectivity index (χ3n) is 1.86. The number of carbonyl (C=O) groups excluding carboxylic acids is 1. The van der Waals surface area contributed by atoms with Crippen LogP contribution < -0.4 is 0 Å². The van der Waals surface area contributed by atoms with Gasteiger partial charge in [-0.3, -0.25) is 0 Å². The van der Waals surface area contributed by atoms with Crippen LogP contribution in [0.15, 0.2) is 17.1 Å². The summed E-state index contributed by atoms with van der Waals surface area (Å²) < 4.78 is 31.3. The second kappa shape index (κ2) is 5.34. The number of methoxy groups -OCH3 is 1. The van der Waals surface area contributed by atoms with Crippen molar-refractivity contribution in [2.45, 2.75) is 13.2 Å². The Balaban J connectivity index is 3.03. The summed E-state index contributed by atoms with van der Waals surface area (Å²) in [6, 6.07) is 2.77. The van der Waals surface area contributed by atoms with Gasteiger partial charge in [0.05, 0.1) is 13.2 Å². The molecule has 1 aromatic rings. The lowest BCUT2D eigenvalue weighted by Gasteiger charge is -2.05. The van der Waals surface area contributed by atoms with Crippen molar-refractivity contribution in [3.05, 3.63) is 34.9 Å². The van der Waals surface area contributed by atoms with Crippen molar-refractivity contribution in [3.8, 4) is 0 Å². The smallest absolute Gasteiger partial charge is 0.235 e. The Labute approximate surface area is 85.4 Å². The van der Waals surface area contributed by atoms with E-state index >= 15 is 0 Å². The molecule has 0 radical (unpaired) electrons. The van der Waals surface area contributed by atoms with Crippen LogP contribution in [0.5, 0.6) is 0 Å². The number of hydrogen-bond donors (Lipinski definition) is 0. The maximum atomic E-state index is 13.3. The van der Waals surface area contributed by atoms with Gasteiger partial charge in [0.25, 0.3) is 0 Å². The Morgan fingerprint density at radius 1 is 1.33 bits per heavy atom. The van der Waals surface area contributed by atoms with Crippen LogP contribution in [0.4, 0.5) is 8.78 Å². The first kappa shape index (κ1) is 11.5. The van der Waals surface area contributed by atoms with E-state index in [0.717, 1.165) is 0 Å². The van der Waals surface area contributed by atoms with E-state index in [-0.39, 0.29) is 24.3 Å². The number of benzene rings is 1. The third-order valence-corrected chi connectivity index (χ3v) is 1.86. The van der Waals surface area contributed by atoms with Gasteiger partial charge >= 0.3 is 0 Å². The summed E-state index contributed by atoms with van der Waals surface area (Å²) in [5.41, 5.74) is 0.157. The summed E-state index contributed by atoms with van der Waals surface area (Å²) in [4.78, 5) is 13.0. The average Bonchev–Trinajstić information content (AvgIpc) is 2.24. The van der Waals surface area contributed by atoms with Gasteiger partial charge in [0.15, 0.2) is 11.6 Å². The van der Waals surface area contributed by atoms with Crippen LogP contribution in [0, 0.1) is 11.6 Å². The zero-order chi connectivity index (χ0) is 11.3. The molecule has 0 N–H and O–H groups in total. The molecule has 80 valence electrons. The van der Waals surface area contributed by atoms with Crippen molar-refractivity contribution in [1.29, 1.82) is 0 Å². The van der Waals surface area contributed by atoms with Gasteiger partial charge < -0.3 is 4.74 Å². The Morgan fingerprint density at radius 3 is 2.53 bits per heavy atom. The fraction of sp³-hybridized carbons (Fsp3) is 0.300. The van der Waals surface area contributed by atoms with Crippen molar-refractivity contribution in [1.82, 2.24) is 0 Å². The maximum Gasteiger partial charge on any atom is 0.235 e. The van der Waals surface area contributed by atoms with Gasteiger partial charge in [-0.05, 0) is 0 Å². The summed E-state index contributed by atoms with van der Waals surface area (Å²) in [5.74, 6) is -1.96. The Morgan fingerprint density at radius 2 is 1.93 bits per heavy atom. The zero-order valence-corrected chi connectivity index (χ0v) is 8.09. The molecule has 0 bridgehead atoms. The van der Waals surface area contributed by atoms with E-state index in [9.17, 15) is 13.6 Å². The number of isocyanates is 1. The minimum absolute atomic E-state index is 0.0000181. The summed E-state index contributed by atoms with van der Waals surface area (Å²) >= 11 is 0. The molecule has 0 aliphatic heterocycles. The number of ether oxygens (including phenoxy) is 1. The molecule has 1 rings (SSSR count). The highest BCUT2D eigenvalue weighted by Crippen LogP contribution is 2.17. The van der Waals surface area contributed by atoms with Gasteiger partial charge in [-0.1, -0.05) is 12.1 Å². The largest absolute Gasteiger partial charge is 0.380 e. The quantitative estimate of drug-likeness (QED) is 0.566. The Bertz CT molecular complexity index is 401. The number of aliphatic imine (C=N–C) groups is 1. The van der Waals surface area contributed by atoms with E-state index in [1.807, 2.05) is 0 Å². The highest BCUT2D eigenvalue weighted by molar-refractivity contribution is 5.34. The number of hydrogen-bond acceptors (Lipinski definition) is 3. The SMILES string of the molecule is COCc1ccc(CN=C=O)c(F)c1F. The predicted molar refractivity (Wildman–Crippen MR) is 48.9 cm³/mol. The lowest BCUT2D eigenvalue weighted by molar-refractivity contribution is 0.180. The van der Waals surface area contributed by atoms with E-state index < -0.39 is 11.6 Å². The van der Waals surface area contributed by atoms with Gasteiger partial charge in [0.1, 0.15) is 0 Å². The fourth-order valence-electron chi connectivity index (χ4n) is 1.14. The van der Waals surface area contributed by atoms with Crippen LogP contribution >= 0.6 is 0 Å². The molecule has 15 heavy (non-hydrogen) atoms. The molecule has 0 aliphatic carbocycles. The minimum atomic E-state index is -0.997. The third kappa shape index (κ3) is 2.68. The van der Waals surface area contributed by atoms with Crippen LogP contribution in [0.25, 0.3) is 0 Å². The zero-order valence-electron chi connectivity index (χ0n) is 8.09. The number of rotatable bonds is 4. The summed E-state index contributed by atoms with van der Waals surface area (Å²) in [5, 5.41) is 0. The number of halogens is 2. The van der Waals surface area contributed by atoms with E-state index in [0.29, 0.717) is 0 Å². The highest BCUT2D eigenvalue weighted by atomic mass is 19.2. The summed E-state index contributed by atoms with van der Waals surface area (Å²) in [7, 11) is 1.39. The van der Waals surface area contributed by atoms with Crippen molar-refractivity contribution >= 4 is 6.08 Å². The van der Waals surface area contributed by atoms with E-state index in [1.54, 1.807) is 0 Å². The number of nitrogens with zero attached hydrogens (tertiary/aromatic N) is 1. The second-order valence-electron chi connectivity index (χ2n) is 2.85. The van der Waals surface area contributed by atoms with Crippen LogP contribution in [-0.4, -0.2) is 13.2 Å². The Kier molecular flexibility index (Phi) is 4.09. The van der Waals surface area contributed by atoms with Crippen LogP contribution in [0.1, 0.15) is 11.1 Å². The second-order valence-corrected chi connectivity index (χ2v) is 2.85. The topological polar surface area (TPSA) is 38.7 Å². The lowest BCUT2D eigenvalue weighted by atomic mass is 10.1. The molecule has 5 heteroatoms. The van der Waals surface area contributed by atoms with Crippen molar-refractivity contribution in [2.75, 3.05) is 7.11 Å². The van der Waals surface area contributed by atoms with Gasteiger partial charge in [0.2, 0.25) is 6.08 Å². The lowest BCUT2D eigenvalue weighted by Crippen LogP contribution is -2.00. The Hall–Kier alpha value is -1.58. The van der Waals surface area contributed by atoms with Crippen molar-refractivity contribution in [2.24, 2.45) is 4.99 Å². The van der Waals surface area contributed by atoms with E-state index in [2.05, 4.69) is 4.99 Å². The molecular weight excluding hydrogens is 204 g/mol. The molecule has 3 nitrogen and oxygen atoms in total. The molecule has 0 unspecified atom stereocenters. The summed E-state index contributed by atoms with van der Waals surface area (Å²) in [6.45, 7) is -0.209. The predicted octanol–water partition coefficient (Wildman–Crippen LogP) is 1.95. The normalized spacial score (nSPS) is 9.80. The average molecular weight is 213 g/mol. The molecule has 0 spiro atoms. The van der Waals surface area contributed by atoms with Gasteiger partial charge in [0, 0.05) is 18.2 Å². The van der Waals surface area contributed by atoms with Crippen LogP contribution in [0.3, 0.4) is 0 Å². The molecule has 0 atom stereocenters. The van der Waals surface area contributed by atoms with E-state index in [1.165, 1.54) is 25.3 Å². The first-order valence-corrected chi connectivity index (χ1v) is 4.19. The summed E-state index contributed by atoms with van der Waals surface area (Å²) in [6.07, 6.45) is 1.26. The molecule has 1 aromatic carbocycles. The monoisotopic (exact) mass is 213 g/mol. The maximum absolute atomic E-state index is 13.3. The van der Waals surface area contributed by atoms with Gasteiger partial charge in [-0.15, -0.1) is 0 Å². The molecule has 0 heterocycles. The standard InChI is InChI=1S/C10H9F2NO2/c1-15-5-8-3-2-7(4-13-6-14)9(11)10(8)12/h2-3H,4-5H2,1H3. The van der Waals surface area contributed by atoms with Crippen molar-refractivity contribution in [3.63, 3.8) is 0 Å². The molecule has 0 saturated carbocycles. The molecule has 0 fully saturated rings. The first-order valence-electron chi connectivity index (χ1n) is 4.19. The highest BCUT2D eigenvalue weighted by Gasteiger charge is 2.12. The molecular formula is C10H9F2NO2. The molecule has 0 aliphatic rings. The van der Waals surface area contributed by atoms with Gasteiger partial charge in [-0.2, -0.15) is 0 Å². The van der Waals surface area contributed by atoms with Crippen LogP contribution in [-0.2, 0) is 22.7 Å². The van der Waals surface area contributed by atoms with Gasteiger partial charge in [-0.25, -0.2) is 18.6 Å².